The molecule has 0 heterocycles. The van der Waals surface area contributed by atoms with E-state index in [0.29, 0.717) is 24.1 Å². The molecule has 1 rings (SSSR count). The van der Waals surface area contributed by atoms with E-state index < -0.39 is 4.92 Å². The summed E-state index contributed by atoms with van der Waals surface area (Å²) < 4.78 is 10.6. The Kier molecular flexibility index (Phi) is 6.07. The predicted octanol–water partition coefficient (Wildman–Crippen LogP) is 3.29. The first kappa shape index (κ1) is 14.9. The smallest absolute Gasteiger partial charge is 0.310 e. The molecule has 1 aromatic carbocycles. The molecule has 1 unspecified atom stereocenters. The zero-order chi connectivity index (χ0) is 13.5. The second-order valence-corrected chi connectivity index (χ2v) is 4.46. The van der Waals surface area contributed by atoms with Gasteiger partial charge in [-0.05, 0) is 18.6 Å². The Morgan fingerprint density at radius 2 is 2.22 bits per heavy atom. The van der Waals surface area contributed by atoms with E-state index in [1.54, 1.807) is 19.2 Å². The van der Waals surface area contributed by atoms with E-state index in [0.717, 1.165) is 5.56 Å². The van der Waals surface area contributed by atoms with Crippen LogP contribution in [0.15, 0.2) is 18.2 Å². The van der Waals surface area contributed by atoms with Crippen molar-refractivity contribution in [3.05, 3.63) is 33.9 Å². The molecule has 0 aliphatic heterocycles. The summed E-state index contributed by atoms with van der Waals surface area (Å²) in [6.45, 7) is 2.43. The molecule has 0 aliphatic rings. The lowest BCUT2D eigenvalue weighted by Crippen LogP contribution is -2.15. The second kappa shape index (κ2) is 7.33. The number of alkyl halides is 1. The molecule has 0 saturated carbocycles. The van der Waals surface area contributed by atoms with Crippen LogP contribution in [0.3, 0.4) is 0 Å². The minimum absolute atomic E-state index is 0.0102. The highest BCUT2D eigenvalue weighted by Gasteiger charge is 2.17. The van der Waals surface area contributed by atoms with Crippen molar-refractivity contribution in [1.82, 2.24) is 0 Å². The Morgan fingerprint density at radius 1 is 1.50 bits per heavy atom. The van der Waals surface area contributed by atoms with Gasteiger partial charge in [0.1, 0.15) is 0 Å². The average molecular weight is 318 g/mol. The first-order valence-electron chi connectivity index (χ1n) is 5.57. The Bertz CT molecular complexity index is 411. The summed E-state index contributed by atoms with van der Waals surface area (Å²) in [5, 5.41) is 11.5. The van der Waals surface area contributed by atoms with Crippen molar-refractivity contribution in [2.45, 2.75) is 24.8 Å². The van der Waals surface area contributed by atoms with Crippen molar-refractivity contribution in [2.75, 3.05) is 13.7 Å². The number of halogens is 1. The van der Waals surface area contributed by atoms with Gasteiger partial charge in [-0.2, -0.15) is 0 Å². The fourth-order valence-corrected chi connectivity index (χ4v) is 1.80. The summed E-state index contributed by atoms with van der Waals surface area (Å²) >= 11 is 3.32. The SMILES string of the molecule is COCCC(C)Oc1cc(CBr)ccc1[N+](=O)[O-]. The van der Waals surface area contributed by atoms with Crippen LogP contribution < -0.4 is 4.74 Å². The molecule has 0 aliphatic carbocycles. The number of nitro benzene ring substituents is 1. The molecule has 0 amide bonds. The molecule has 100 valence electrons. The molecule has 1 atom stereocenters. The normalized spacial score (nSPS) is 12.2. The van der Waals surface area contributed by atoms with Gasteiger partial charge in [0.2, 0.25) is 0 Å². The number of nitro groups is 1. The molecule has 18 heavy (non-hydrogen) atoms. The van der Waals surface area contributed by atoms with Crippen LogP contribution in [0.4, 0.5) is 5.69 Å². The number of ether oxygens (including phenoxy) is 2. The van der Waals surface area contributed by atoms with Crippen LogP contribution >= 0.6 is 15.9 Å². The minimum Gasteiger partial charge on any atom is -0.484 e. The molecule has 0 aromatic heterocycles. The van der Waals surface area contributed by atoms with Crippen molar-refractivity contribution in [3.63, 3.8) is 0 Å². The van der Waals surface area contributed by atoms with Crippen LogP contribution in [-0.4, -0.2) is 24.7 Å². The molecule has 1 aromatic rings. The highest BCUT2D eigenvalue weighted by molar-refractivity contribution is 9.08. The summed E-state index contributed by atoms with van der Waals surface area (Å²) in [6, 6.07) is 4.87. The van der Waals surface area contributed by atoms with Gasteiger partial charge in [-0.15, -0.1) is 0 Å². The summed E-state index contributed by atoms with van der Waals surface area (Å²) in [4.78, 5) is 10.5. The van der Waals surface area contributed by atoms with Crippen molar-refractivity contribution in [3.8, 4) is 5.75 Å². The topological polar surface area (TPSA) is 61.6 Å². The van der Waals surface area contributed by atoms with Gasteiger partial charge in [0.05, 0.1) is 11.0 Å². The van der Waals surface area contributed by atoms with Crippen molar-refractivity contribution in [2.24, 2.45) is 0 Å². The van der Waals surface area contributed by atoms with Gasteiger partial charge in [0.25, 0.3) is 0 Å². The largest absolute Gasteiger partial charge is 0.484 e. The molecule has 0 spiro atoms. The maximum Gasteiger partial charge on any atom is 0.310 e. The van der Waals surface area contributed by atoms with Crippen LogP contribution in [0.2, 0.25) is 0 Å². The average Bonchev–Trinajstić information content (AvgIpc) is 2.35. The number of rotatable bonds is 7. The van der Waals surface area contributed by atoms with Gasteiger partial charge >= 0.3 is 5.69 Å². The van der Waals surface area contributed by atoms with Gasteiger partial charge in [-0.1, -0.05) is 22.0 Å². The second-order valence-electron chi connectivity index (χ2n) is 3.90. The van der Waals surface area contributed by atoms with E-state index >= 15 is 0 Å². The van der Waals surface area contributed by atoms with Gasteiger partial charge in [0.15, 0.2) is 5.75 Å². The highest BCUT2D eigenvalue weighted by Crippen LogP contribution is 2.30. The Balaban J connectivity index is 2.86. The maximum atomic E-state index is 10.9. The molecular weight excluding hydrogens is 302 g/mol. The van der Waals surface area contributed by atoms with E-state index in [1.165, 1.54) is 6.07 Å². The molecule has 0 fully saturated rings. The first-order chi connectivity index (χ1) is 8.58. The van der Waals surface area contributed by atoms with Gasteiger partial charge in [-0.25, -0.2) is 0 Å². The summed E-state index contributed by atoms with van der Waals surface area (Å²) in [7, 11) is 1.61. The molecule has 5 nitrogen and oxygen atoms in total. The monoisotopic (exact) mass is 317 g/mol. The molecule has 0 N–H and O–H groups in total. The number of methoxy groups -OCH3 is 1. The molecular formula is C12H16BrNO4. The van der Waals surface area contributed by atoms with Crippen LogP contribution in [-0.2, 0) is 10.1 Å². The predicted molar refractivity (Wildman–Crippen MR) is 72.3 cm³/mol. The lowest BCUT2D eigenvalue weighted by Gasteiger charge is -2.14. The van der Waals surface area contributed by atoms with E-state index in [2.05, 4.69) is 15.9 Å². The third-order valence-corrected chi connectivity index (χ3v) is 3.08. The molecule has 0 saturated heterocycles. The van der Waals surface area contributed by atoms with Gasteiger partial charge in [-0.3, -0.25) is 10.1 Å². The number of benzene rings is 1. The molecule has 0 bridgehead atoms. The van der Waals surface area contributed by atoms with Crippen molar-refractivity contribution < 1.29 is 14.4 Å². The zero-order valence-corrected chi connectivity index (χ0v) is 12.0. The fourth-order valence-electron chi connectivity index (χ4n) is 1.45. The molecule has 0 radical (unpaired) electrons. The minimum atomic E-state index is -0.434. The van der Waals surface area contributed by atoms with Gasteiger partial charge < -0.3 is 9.47 Å². The van der Waals surface area contributed by atoms with Crippen LogP contribution in [0.5, 0.6) is 5.75 Å². The van der Waals surface area contributed by atoms with E-state index in [9.17, 15) is 10.1 Å². The van der Waals surface area contributed by atoms with Gasteiger partial charge in [0, 0.05) is 31.5 Å². The van der Waals surface area contributed by atoms with Crippen molar-refractivity contribution in [1.29, 1.82) is 0 Å². The Morgan fingerprint density at radius 3 is 2.78 bits per heavy atom. The Hall–Kier alpha value is -1.14. The fraction of sp³-hybridized carbons (Fsp3) is 0.500. The zero-order valence-electron chi connectivity index (χ0n) is 10.4. The third kappa shape index (κ3) is 4.27. The summed E-state index contributed by atoms with van der Waals surface area (Å²) in [6.07, 6.45) is 0.556. The van der Waals surface area contributed by atoms with Crippen LogP contribution in [0, 0.1) is 10.1 Å². The standard InChI is InChI=1S/C12H16BrNO4/c1-9(5-6-17-2)18-12-7-10(8-13)3-4-11(12)14(15)16/h3-4,7,9H,5-6,8H2,1-2H3. The quantitative estimate of drug-likeness (QED) is 0.440. The van der Waals surface area contributed by atoms with Crippen LogP contribution in [0.25, 0.3) is 0 Å². The summed E-state index contributed by atoms with van der Waals surface area (Å²) in [5.41, 5.74) is 0.929. The van der Waals surface area contributed by atoms with Crippen molar-refractivity contribution >= 4 is 21.6 Å². The lowest BCUT2D eigenvalue weighted by molar-refractivity contribution is -0.386. The lowest BCUT2D eigenvalue weighted by atomic mass is 10.2. The summed E-state index contributed by atoms with van der Waals surface area (Å²) in [5.74, 6) is 0.306. The third-order valence-electron chi connectivity index (χ3n) is 2.43. The first-order valence-corrected chi connectivity index (χ1v) is 6.69. The van der Waals surface area contributed by atoms with Crippen LogP contribution in [0.1, 0.15) is 18.9 Å². The Labute approximate surface area is 114 Å². The number of hydrogen-bond acceptors (Lipinski definition) is 4. The highest BCUT2D eigenvalue weighted by atomic mass is 79.9. The van der Waals surface area contributed by atoms with E-state index in [-0.39, 0.29) is 11.8 Å². The number of nitrogens with zero attached hydrogens (tertiary/aromatic N) is 1. The number of hydrogen-bond donors (Lipinski definition) is 0. The maximum absolute atomic E-state index is 10.9. The van der Waals surface area contributed by atoms with E-state index in [1.807, 2.05) is 6.92 Å². The van der Waals surface area contributed by atoms with E-state index in [4.69, 9.17) is 9.47 Å². The molecule has 6 heteroatoms.